The summed E-state index contributed by atoms with van der Waals surface area (Å²) in [6, 6.07) is 19.4. The highest BCUT2D eigenvalue weighted by atomic mass is 16.5. The summed E-state index contributed by atoms with van der Waals surface area (Å²) in [5, 5.41) is 12.2. The summed E-state index contributed by atoms with van der Waals surface area (Å²) in [7, 11) is 4.60. The molecule has 0 saturated carbocycles. The van der Waals surface area contributed by atoms with Crippen molar-refractivity contribution in [1.29, 1.82) is 0 Å². The fourth-order valence-electron chi connectivity index (χ4n) is 3.55. The molecule has 0 aliphatic rings. The Kier molecular flexibility index (Phi) is 5.81. The Morgan fingerprint density at radius 2 is 1.53 bits per heavy atom. The number of nitrogens with zero attached hydrogens (tertiary/aromatic N) is 2. The molecule has 162 valence electrons. The van der Waals surface area contributed by atoms with Crippen molar-refractivity contribution < 1.29 is 19.3 Å². The number of rotatable bonds is 6. The molecule has 0 unspecified atom stereocenters. The first-order valence-corrected chi connectivity index (χ1v) is 9.85. The van der Waals surface area contributed by atoms with Gasteiger partial charge in [-0.25, -0.2) is 4.57 Å². The van der Waals surface area contributed by atoms with Crippen LogP contribution in [0.1, 0.15) is 5.56 Å². The highest BCUT2D eigenvalue weighted by molar-refractivity contribution is 6.02. The molecular formula is C25H22N2O5. The van der Waals surface area contributed by atoms with Crippen molar-refractivity contribution in [3.8, 4) is 28.8 Å². The van der Waals surface area contributed by atoms with E-state index in [2.05, 4.69) is 4.99 Å². The van der Waals surface area contributed by atoms with Gasteiger partial charge in [0.25, 0.3) is 5.56 Å². The molecule has 1 aromatic heterocycles. The fourth-order valence-corrected chi connectivity index (χ4v) is 3.55. The maximum atomic E-state index is 13.4. The van der Waals surface area contributed by atoms with E-state index in [0.29, 0.717) is 45.0 Å². The van der Waals surface area contributed by atoms with E-state index in [-0.39, 0.29) is 11.4 Å². The number of aromatic hydroxyl groups is 1. The minimum atomic E-state index is -0.379. The maximum Gasteiger partial charge on any atom is 0.265 e. The van der Waals surface area contributed by atoms with Gasteiger partial charge >= 0.3 is 0 Å². The van der Waals surface area contributed by atoms with E-state index in [4.69, 9.17) is 14.2 Å². The molecule has 0 radical (unpaired) electrons. The minimum absolute atomic E-state index is 0.254. The molecular weight excluding hydrogens is 408 g/mol. The topological polar surface area (TPSA) is 82.3 Å². The summed E-state index contributed by atoms with van der Waals surface area (Å²) >= 11 is 0. The van der Waals surface area contributed by atoms with E-state index in [1.165, 1.54) is 17.9 Å². The van der Waals surface area contributed by atoms with Gasteiger partial charge in [-0.05, 0) is 30.3 Å². The molecule has 1 N–H and O–H groups in total. The number of methoxy groups -OCH3 is 3. The third-order valence-electron chi connectivity index (χ3n) is 5.15. The van der Waals surface area contributed by atoms with Crippen LogP contribution in [0.3, 0.4) is 0 Å². The lowest BCUT2D eigenvalue weighted by molar-refractivity contribution is 0.389. The van der Waals surface area contributed by atoms with Gasteiger partial charge in [0.1, 0.15) is 22.9 Å². The third kappa shape index (κ3) is 3.65. The normalized spacial score (nSPS) is 11.1. The van der Waals surface area contributed by atoms with E-state index >= 15 is 0 Å². The minimum Gasteiger partial charge on any atom is -0.497 e. The number of aromatic nitrogens is 1. The third-order valence-corrected chi connectivity index (χ3v) is 5.15. The van der Waals surface area contributed by atoms with E-state index < -0.39 is 0 Å². The van der Waals surface area contributed by atoms with Crippen molar-refractivity contribution in [2.75, 3.05) is 21.3 Å². The standard InChI is InChI=1S/C25H22N2O5/c1-30-16-12-13-21(23(14-16)32-3)27-24(28)18-9-5-4-8-17(18)19(25(27)29)15-26-20-10-6-7-11-22(20)31-2/h4-15,29H,1-3H3. The summed E-state index contributed by atoms with van der Waals surface area (Å²) in [4.78, 5) is 17.9. The highest BCUT2D eigenvalue weighted by Crippen LogP contribution is 2.33. The number of aliphatic imine (C=N–C) groups is 1. The first-order chi connectivity index (χ1) is 15.6. The molecule has 0 saturated heterocycles. The molecule has 0 aliphatic heterocycles. The predicted molar refractivity (Wildman–Crippen MR) is 125 cm³/mol. The van der Waals surface area contributed by atoms with Gasteiger partial charge in [-0.1, -0.05) is 30.3 Å². The van der Waals surface area contributed by atoms with Crippen LogP contribution in [0.4, 0.5) is 5.69 Å². The number of hydrogen-bond donors (Lipinski definition) is 1. The smallest absolute Gasteiger partial charge is 0.265 e. The molecule has 7 nitrogen and oxygen atoms in total. The van der Waals surface area contributed by atoms with Crippen LogP contribution in [0, 0.1) is 0 Å². The zero-order chi connectivity index (χ0) is 22.7. The molecule has 0 bridgehead atoms. The lowest BCUT2D eigenvalue weighted by Crippen LogP contribution is -2.20. The van der Waals surface area contributed by atoms with E-state index in [1.54, 1.807) is 68.8 Å². The maximum absolute atomic E-state index is 13.4. The predicted octanol–water partition coefficient (Wildman–Crippen LogP) is 4.47. The summed E-state index contributed by atoms with van der Waals surface area (Å²) in [5.41, 5.74) is 0.992. The van der Waals surface area contributed by atoms with Crippen molar-refractivity contribution >= 4 is 22.7 Å². The Morgan fingerprint density at radius 1 is 0.844 bits per heavy atom. The number of ether oxygens (including phenoxy) is 3. The molecule has 32 heavy (non-hydrogen) atoms. The van der Waals surface area contributed by atoms with Crippen LogP contribution in [0.25, 0.3) is 16.5 Å². The molecule has 0 fully saturated rings. The van der Waals surface area contributed by atoms with Crippen molar-refractivity contribution in [2.24, 2.45) is 4.99 Å². The summed E-state index contributed by atoms with van der Waals surface area (Å²) in [5.74, 6) is 1.29. The van der Waals surface area contributed by atoms with Gasteiger partial charge in [0.05, 0.1) is 32.6 Å². The molecule has 0 amide bonds. The van der Waals surface area contributed by atoms with Gasteiger partial charge in [-0.15, -0.1) is 0 Å². The van der Waals surface area contributed by atoms with Crippen LogP contribution >= 0.6 is 0 Å². The zero-order valence-electron chi connectivity index (χ0n) is 17.9. The molecule has 4 aromatic rings. The summed E-state index contributed by atoms with van der Waals surface area (Å²) in [6.45, 7) is 0. The second-order valence-electron chi connectivity index (χ2n) is 6.89. The second kappa shape index (κ2) is 8.85. The Morgan fingerprint density at radius 3 is 2.25 bits per heavy atom. The van der Waals surface area contributed by atoms with Crippen LogP contribution < -0.4 is 19.8 Å². The highest BCUT2D eigenvalue weighted by Gasteiger charge is 2.19. The Hall–Kier alpha value is -4.26. The van der Waals surface area contributed by atoms with E-state index in [1.807, 2.05) is 12.1 Å². The molecule has 4 rings (SSSR count). The molecule has 0 atom stereocenters. The average molecular weight is 430 g/mol. The second-order valence-corrected chi connectivity index (χ2v) is 6.89. The van der Waals surface area contributed by atoms with E-state index in [9.17, 15) is 9.90 Å². The molecule has 7 heteroatoms. The zero-order valence-corrected chi connectivity index (χ0v) is 17.9. The first-order valence-electron chi connectivity index (χ1n) is 9.85. The number of para-hydroxylation sites is 2. The van der Waals surface area contributed by atoms with Crippen LogP contribution in [0.15, 0.2) is 76.5 Å². The molecule has 0 spiro atoms. The fraction of sp³-hybridized carbons (Fsp3) is 0.120. The van der Waals surface area contributed by atoms with Gasteiger partial charge in [0.15, 0.2) is 0 Å². The van der Waals surface area contributed by atoms with Gasteiger partial charge < -0.3 is 19.3 Å². The lowest BCUT2D eigenvalue weighted by atomic mass is 10.1. The SMILES string of the molecule is COc1ccc(-n2c(O)c(C=Nc3ccccc3OC)c3ccccc3c2=O)c(OC)c1. The molecule has 0 aliphatic carbocycles. The Bertz CT molecular complexity index is 1370. The molecule has 3 aromatic carbocycles. The van der Waals surface area contributed by atoms with Crippen molar-refractivity contribution in [3.63, 3.8) is 0 Å². The number of benzene rings is 3. The van der Waals surface area contributed by atoms with Gasteiger partial charge in [-0.3, -0.25) is 9.79 Å². The van der Waals surface area contributed by atoms with Gasteiger partial charge in [-0.2, -0.15) is 0 Å². The number of hydrogen-bond acceptors (Lipinski definition) is 6. The molecule has 1 heterocycles. The van der Waals surface area contributed by atoms with Crippen molar-refractivity contribution in [1.82, 2.24) is 4.57 Å². The summed E-state index contributed by atoms with van der Waals surface area (Å²) < 4.78 is 17.3. The van der Waals surface area contributed by atoms with Crippen LogP contribution in [0.5, 0.6) is 23.1 Å². The monoisotopic (exact) mass is 430 g/mol. The van der Waals surface area contributed by atoms with Crippen LogP contribution in [0.2, 0.25) is 0 Å². The van der Waals surface area contributed by atoms with Crippen LogP contribution in [-0.4, -0.2) is 37.2 Å². The van der Waals surface area contributed by atoms with Gasteiger partial charge in [0.2, 0.25) is 5.88 Å². The Labute approximate surface area is 184 Å². The van der Waals surface area contributed by atoms with Crippen molar-refractivity contribution in [2.45, 2.75) is 0 Å². The lowest BCUT2D eigenvalue weighted by Gasteiger charge is -2.16. The van der Waals surface area contributed by atoms with E-state index in [0.717, 1.165) is 0 Å². The number of fused-ring (bicyclic) bond motifs is 1. The van der Waals surface area contributed by atoms with Crippen molar-refractivity contribution in [3.05, 3.63) is 82.6 Å². The Balaban J connectivity index is 1.99. The quantitative estimate of drug-likeness (QED) is 0.456. The first kappa shape index (κ1) is 21.0. The summed E-state index contributed by atoms with van der Waals surface area (Å²) in [6.07, 6.45) is 1.53. The number of pyridine rings is 1. The largest absolute Gasteiger partial charge is 0.497 e. The van der Waals surface area contributed by atoms with Crippen LogP contribution in [-0.2, 0) is 0 Å². The average Bonchev–Trinajstić information content (AvgIpc) is 2.84. The van der Waals surface area contributed by atoms with Gasteiger partial charge in [0, 0.05) is 23.1 Å².